The van der Waals surface area contributed by atoms with Crippen LogP contribution in [-0.2, 0) is 13.0 Å². The first-order chi connectivity index (χ1) is 18.1. The molecule has 2 heterocycles. The molecular formula is C29H31N5O3. The number of H-pyrrole nitrogens is 1. The number of benzene rings is 3. The van der Waals surface area contributed by atoms with E-state index in [9.17, 15) is 14.4 Å². The number of nitrogens with one attached hydrogen (secondary N) is 2. The van der Waals surface area contributed by atoms with Crippen LogP contribution in [0.4, 0.5) is 5.69 Å². The Morgan fingerprint density at radius 2 is 1.54 bits per heavy atom. The van der Waals surface area contributed by atoms with Gasteiger partial charge in [0.25, 0.3) is 11.5 Å². The number of anilines is 1. The molecule has 0 bridgehead atoms. The van der Waals surface area contributed by atoms with Gasteiger partial charge in [-0.15, -0.1) is 0 Å². The topological polar surface area (TPSA) is 90.4 Å². The fourth-order valence-electron chi connectivity index (χ4n) is 4.78. The van der Waals surface area contributed by atoms with E-state index in [0.717, 1.165) is 38.3 Å². The number of amides is 1. The van der Waals surface area contributed by atoms with Crippen molar-refractivity contribution in [3.8, 4) is 0 Å². The molecular weight excluding hydrogens is 466 g/mol. The van der Waals surface area contributed by atoms with Gasteiger partial charge in [-0.05, 0) is 42.3 Å². The Morgan fingerprint density at radius 3 is 2.27 bits per heavy atom. The van der Waals surface area contributed by atoms with Gasteiger partial charge in [-0.2, -0.15) is 0 Å². The van der Waals surface area contributed by atoms with E-state index in [-0.39, 0.29) is 18.0 Å². The third-order valence-corrected chi connectivity index (χ3v) is 6.92. The van der Waals surface area contributed by atoms with Crippen LogP contribution in [0.3, 0.4) is 0 Å². The van der Waals surface area contributed by atoms with Gasteiger partial charge in [0, 0.05) is 57.1 Å². The molecule has 0 unspecified atom stereocenters. The summed E-state index contributed by atoms with van der Waals surface area (Å²) in [6.45, 7) is 5.38. The van der Waals surface area contributed by atoms with Crippen LogP contribution in [0.15, 0.2) is 88.5 Å². The first-order valence-corrected chi connectivity index (χ1v) is 12.7. The largest absolute Gasteiger partial charge is 0.369 e. The van der Waals surface area contributed by atoms with Crippen molar-refractivity contribution in [3.05, 3.63) is 111 Å². The van der Waals surface area contributed by atoms with E-state index >= 15 is 0 Å². The third-order valence-electron chi connectivity index (χ3n) is 6.92. The summed E-state index contributed by atoms with van der Waals surface area (Å²) in [4.78, 5) is 45.8. The molecule has 190 valence electrons. The van der Waals surface area contributed by atoms with Crippen LogP contribution in [0.2, 0.25) is 0 Å². The van der Waals surface area contributed by atoms with Gasteiger partial charge in [0.2, 0.25) is 0 Å². The maximum absolute atomic E-state index is 12.9. The Balaban J connectivity index is 1.16. The lowest BCUT2D eigenvalue weighted by Crippen LogP contribution is -2.48. The summed E-state index contributed by atoms with van der Waals surface area (Å²) < 4.78 is 1.21. The number of hydrogen-bond donors (Lipinski definition) is 2. The number of nitrogens with zero attached hydrogens (tertiary/aromatic N) is 3. The number of piperazine rings is 1. The minimum Gasteiger partial charge on any atom is -0.369 e. The maximum Gasteiger partial charge on any atom is 0.328 e. The van der Waals surface area contributed by atoms with Crippen LogP contribution in [0.25, 0.3) is 10.9 Å². The Hall–Kier alpha value is -4.17. The van der Waals surface area contributed by atoms with Gasteiger partial charge in [-0.1, -0.05) is 48.5 Å². The normalized spacial score (nSPS) is 14.1. The smallest absolute Gasteiger partial charge is 0.328 e. The zero-order valence-electron chi connectivity index (χ0n) is 20.7. The molecule has 0 atom stereocenters. The molecule has 1 aliphatic rings. The summed E-state index contributed by atoms with van der Waals surface area (Å²) in [7, 11) is 0. The highest BCUT2D eigenvalue weighted by Crippen LogP contribution is 2.15. The average molecular weight is 498 g/mol. The molecule has 2 N–H and O–H groups in total. The van der Waals surface area contributed by atoms with Gasteiger partial charge >= 0.3 is 5.69 Å². The summed E-state index contributed by atoms with van der Waals surface area (Å²) in [6.07, 6.45) is 0.580. The Kier molecular flexibility index (Phi) is 7.46. The zero-order chi connectivity index (χ0) is 25.6. The molecule has 1 saturated heterocycles. The number of fused-ring (bicyclic) bond motifs is 1. The van der Waals surface area contributed by atoms with Crippen molar-refractivity contribution in [2.45, 2.75) is 13.0 Å². The second-order valence-corrected chi connectivity index (χ2v) is 9.30. The predicted octanol–water partition coefficient (Wildman–Crippen LogP) is 2.48. The van der Waals surface area contributed by atoms with Gasteiger partial charge in [-0.3, -0.25) is 19.1 Å². The Morgan fingerprint density at radius 1 is 0.838 bits per heavy atom. The number of aryl methyl sites for hydroxylation is 1. The summed E-state index contributed by atoms with van der Waals surface area (Å²) in [5.41, 5.74) is 2.26. The zero-order valence-corrected chi connectivity index (χ0v) is 20.7. The van der Waals surface area contributed by atoms with Crippen LogP contribution in [-0.4, -0.2) is 59.6 Å². The minimum atomic E-state index is -0.472. The average Bonchev–Trinajstić information content (AvgIpc) is 2.94. The number of carbonyl (C=O) groups excluding carboxylic acids is 1. The van der Waals surface area contributed by atoms with Crippen molar-refractivity contribution in [2.75, 3.05) is 44.2 Å². The molecule has 1 fully saturated rings. The lowest BCUT2D eigenvalue weighted by molar-refractivity contribution is 0.0948. The number of hydrogen-bond acceptors (Lipinski definition) is 5. The third kappa shape index (κ3) is 5.81. The highest BCUT2D eigenvalue weighted by Gasteiger charge is 2.17. The molecule has 0 saturated carbocycles. The van der Waals surface area contributed by atoms with E-state index in [0.29, 0.717) is 29.4 Å². The van der Waals surface area contributed by atoms with E-state index in [2.05, 4.69) is 44.4 Å². The summed E-state index contributed by atoms with van der Waals surface area (Å²) in [6, 6.07) is 25.0. The van der Waals surface area contributed by atoms with Crippen LogP contribution >= 0.6 is 0 Å². The molecule has 3 aromatic carbocycles. The number of rotatable bonds is 8. The molecule has 1 amide bonds. The summed E-state index contributed by atoms with van der Waals surface area (Å²) >= 11 is 0. The molecule has 8 nitrogen and oxygen atoms in total. The fraction of sp³-hybridized carbons (Fsp3) is 0.276. The SMILES string of the molecule is O=C(NCCN1CCN(c2ccccc2)CC1)c1ccc2c(=O)n(CCc3ccccc3)c(=O)[nH]c2c1. The minimum absolute atomic E-state index is 0.223. The Bertz CT molecular complexity index is 1470. The molecule has 1 aliphatic heterocycles. The van der Waals surface area contributed by atoms with Crippen LogP contribution in [0.1, 0.15) is 15.9 Å². The van der Waals surface area contributed by atoms with Crippen molar-refractivity contribution < 1.29 is 4.79 Å². The van der Waals surface area contributed by atoms with Crippen molar-refractivity contribution in [1.82, 2.24) is 19.8 Å². The maximum atomic E-state index is 12.9. The molecule has 4 aromatic rings. The van der Waals surface area contributed by atoms with Crippen LogP contribution < -0.4 is 21.5 Å². The van der Waals surface area contributed by atoms with E-state index < -0.39 is 5.69 Å². The van der Waals surface area contributed by atoms with E-state index in [1.807, 2.05) is 36.4 Å². The summed E-state index contributed by atoms with van der Waals surface area (Å²) in [5.74, 6) is -0.223. The lowest BCUT2D eigenvalue weighted by Gasteiger charge is -2.36. The second kappa shape index (κ2) is 11.3. The van der Waals surface area contributed by atoms with Crippen molar-refractivity contribution >= 4 is 22.5 Å². The van der Waals surface area contributed by atoms with Crippen molar-refractivity contribution in [1.29, 1.82) is 0 Å². The van der Waals surface area contributed by atoms with Gasteiger partial charge < -0.3 is 15.2 Å². The van der Waals surface area contributed by atoms with Gasteiger partial charge in [0.15, 0.2) is 0 Å². The van der Waals surface area contributed by atoms with Gasteiger partial charge in [0.1, 0.15) is 0 Å². The first kappa shape index (κ1) is 24.5. The highest BCUT2D eigenvalue weighted by molar-refractivity contribution is 5.97. The second-order valence-electron chi connectivity index (χ2n) is 9.30. The van der Waals surface area contributed by atoms with Crippen molar-refractivity contribution in [3.63, 3.8) is 0 Å². The lowest BCUT2D eigenvalue weighted by atomic mass is 10.1. The molecule has 1 aromatic heterocycles. The quantitative estimate of drug-likeness (QED) is 0.390. The Labute approximate surface area is 215 Å². The molecule has 0 radical (unpaired) electrons. The van der Waals surface area contributed by atoms with Gasteiger partial charge in [-0.25, -0.2) is 4.79 Å². The van der Waals surface area contributed by atoms with Crippen molar-refractivity contribution in [2.24, 2.45) is 0 Å². The van der Waals surface area contributed by atoms with E-state index in [1.54, 1.807) is 18.2 Å². The molecule has 0 aliphatic carbocycles. The molecule has 8 heteroatoms. The fourth-order valence-corrected chi connectivity index (χ4v) is 4.78. The number of aromatic amines is 1. The molecule has 5 rings (SSSR count). The number of para-hydroxylation sites is 1. The first-order valence-electron chi connectivity index (χ1n) is 12.7. The summed E-state index contributed by atoms with van der Waals surface area (Å²) in [5, 5.41) is 3.35. The monoisotopic (exact) mass is 497 g/mol. The predicted molar refractivity (Wildman–Crippen MR) is 146 cm³/mol. The number of aromatic nitrogens is 2. The molecule has 0 spiro atoms. The number of carbonyl (C=O) groups is 1. The van der Waals surface area contributed by atoms with Crippen LogP contribution in [0.5, 0.6) is 0 Å². The van der Waals surface area contributed by atoms with E-state index in [4.69, 9.17) is 0 Å². The van der Waals surface area contributed by atoms with Crippen LogP contribution in [0, 0.1) is 0 Å². The highest BCUT2D eigenvalue weighted by atomic mass is 16.2. The van der Waals surface area contributed by atoms with Gasteiger partial charge in [0.05, 0.1) is 10.9 Å². The molecule has 37 heavy (non-hydrogen) atoms. The van der Waals surface area contributed by atoms with E-state index in [1.165, 1.54) is 10.3 Å². The standard InChI is InChI=1S/C29H31N5O3/c35-27(30-14-16-32-17-19-33(20-18-32)24-9-5-2-6-10-24)23-11-12-25-26(21-23)31-29(37)34(28(25)36)15-13-22-7-3-1-4-8-22/h1-12,21H,13-20H2,(H,30,35)(H,31,37).